The van der Waals surface area contributed by atoms with Crippen LogP contribution in [0.1, 0.15) is 64.3 Å². The van der Waals surface area contributed by atoms with E-state index in [9.17, 15) is 0 Å². The molecule has 0 aromatic carbocycles. The van der Waals surface area contributed by atoms with Gasteiger partial charge in [0.05, 0.1) is 12.2 Å². The van der Waals surface area contributed by atoms with Crippen molar-refractivity contribution < 1.29 is 4.52 Å². The highest BCUT2D eigenvalue weighted by atomic mass is 16.5. The Morgan fingerprint density at radius 3 is 2.85 bits per heavy atom. The Labute approximate surface area is 122 Å². The van der Waals surface area contributed by atoms with Crippen molar-refractivity contribution in [2.24, 2.45) is 0 Å². The van der Waals surface area contributed by atoms with Gasteiger partial charge in [-0.25, -0.2) is 0 Å². The molecule has 0 bridgehead atoms. The second-order valence-electron chi connectivity index (χ2n) is 6.21. The van der Waals surface area contributed by atoms with Crippen molar-refractivity contribution in [2.75, 3.05) is 6.54 Å². The van der Waals surface area contributed by atoms with Gasteiger partial charge >= 0.3 is 0 Å². The molecule has 0 aliphatic heterocycles. The van der Waals surface area contributed by atoms with Crippen LogP contribution in [-0.4, -0.2) is 28.7 Å². The lowest BCUT2D eigenvalue weighted by atomic mass is 10.2. The van der Waals surface area contributed by atoms with E-state index in [1.807, 2.05) is 0 Å². The van der Waals surface area contributed by atoms with Crippen molar-refractivity contribution in [2.45, 2.75) is 78.0 Å². The molecule has 4 heteroatoms. The van der Waals surface area contributed by atoms with Crippen molar-refractivity contribution in [1.82, 2.24) is 15.4 Å². The maximum absolute atomic E-state index is 5.47. The summed E-state index contributed by atoms with van der Waals surface area (Å²) in [5, 5.41) is 7.63. The summed E-state index contributed by atoms with van der Waals surface area (Å²) in [6, 6.07) is 3.37. The van der Waals surface area contributed by atoms with Gasteiger partial charge in [0.2, 0.25) is 0 Å². The molecule has 1 saturated carbocycles. The van der Waals surface area contributed by atoms with Crippen LogP contribution in [0.4, 0.5) is 0 Å². The van der Waals surface area contributed by atoms with E-state index >= 15 is 0 Å². The number of hydrogen-bond acceptors (Lipinski definition) is 4. The Hall–Kier alpha value is -0.870. The topological polar surface area (TPSA) is 41.3 Å². The number of rotatable bonds is 10. The lowest BCUT2D eigenvalue weighted by molar-refractivity contribution is 0.185. The summed E-state index contributed by atoms with van der Waals surface area (Å²) >= 11 is 0. The number of hydrogen-bond donors (Lipinski definition) is 1. The molecule has 4 nitrogen and oxygen atoms in total. The Morgan fingerprint density at radius 1 is 1.40 bits per heavy atom. The van der Waals surface area contributed by atoms with Gasteiger partial charge in [-0.3, -0.25) is 4.90 Å². The predicted molar refractivity (Wildman–Crippen MR) is 81.4 cm³/mol. The van der Waals surface area contributed by atoms with Gasteiger partial charge in [-0.1, -0.05) is 24.9 Å². The highest BCUT2D eigenvalue weighted by Crippen LogP contribution is 2.19. The maximum Gasteiger partial charge on any atom is 0.151 e. The summed E-state index contributed by atoms with van der Waals surface area (Å²) in [5.41, 5.74) is 1.03. The van der Waals surface area contributed by atoms with Crippen LogP contribution in [0.25, 0.3) is 0 Å². The molecule has 1 aliphatic carbocycles. The fourth-order valence-corrected chi connectivity index (χ4v) is 2.33. The van der Waals surface area contributed by atoms with Gasteiger partial charge in [-0.2, -0.15) is 0 Å². The molecule has 1 aromatic heterocycles. The zero-order valence-corrected chi connectivity index (χ0v) is 13.2. The summed E-state index contributed by atoms with van der Waals surface area (Å²) in [6.07, 6.45) is 6.45. The zero-order valence-electron chi connectivity index (χ0n) is 13.2. The molecule has 0 saturated heterocycles. The molecule has 1 aliphatic rings. The summed E-state index contributed by atoms with van der Waals surface area (Å²) in [5.74, 6) is 0.989. The fraction of sp³-hybridized carbons (Fsp3) is 0.812. The molecule has 1 aromatic rings. The summed E-state index contributed by atoms with van der Waals surface area (Å²) in [4.78, 5) is 2.47. The Morgan fingerprint density at radius 2 is 2.20 bits per heavy atom. The quantitative estimate of drug-likeness (QED) is 0.667. The smallest absolute Gasteiger partial charge is 0.151 e. The van der Waals surface area contributed by atoms with E-state index in [-0.39, 0.29) is 0 Å². The first-order chi connectivity index (χ1) is 9.69. The Bertz CT molecular complexity index is 385. The van der Waals surface area contributed by atoms with Crippen molar-refractivity contribution >= 4 is 0 Å². The van der Waals surface area contributed by atoms with E-state index in [0.29, 0.717) is 6.04 Å². The van der Waals surface area contributed by atoms with E-state index < -0.39 is 0 Å². The molecule has 0 atom stereocenters. The largest absolute Gasteiger partial charge is 0.360 e. The second kappa shape index (κ2) is 7.79. The van der Waals surface area contributed by atoms with E-state index in [1.165, 1.54) is 32.1 Å². The van der Waals surface area contributed by atoms with Crippen molar-refractivity contribution in [3.05, 3.63) is 17.5 Å². The summed E-state index contributed by atoms with van der Waals surface area (Å²) in [6.45, 7) is 9.59. The fourth-order valence-electron chi connectivity index (χ4n) is 2.33. The van der Waals surface area contributed by atoms with Crippen LogP contribution in [0.15, 0.2) is 10.6 Å². The summed E-state index contributed by atoms with van der Waals surface area (Å²) < 4.78 is 5.47. The minimum atomic E-state index is 0.546. The monoisotopic (exact) mass is 279 g/mol. The molecule has 0 unspecified atom stereocenters. The minimum absolute atomic E-state index is 0.546. The van der Waals surface area contributed by atoms with Gasteiger partial charge in [-0.15, -0.1) is 0 Å². The third-order valence-corrected chi connectivity index (χ3v) is 3.90. The molecule has 0 radical (unpaired) electrons. The molecule has 0 spiro atoms. The number of nitrogens with one attached hydrogen (secondary N) is 1. The van der Waals surface area contributed by atoms with Crippen molar-refractivity contribution in [3.8, 4) is 0 Å². The first-order valence-electron chi connectivity index (χ1n) is 8.11. The summed E-state index contributed by atoms with van der Waals surface area (Å²) in [7, 11) is 0. The van der Waals surface area contributed by atoms with Gasteiger partial charge < -0.3 is 9.84 Å². The van der Waals surface area contributed by atoms with Gasteiger partial charge in [0, 0.05) is 24.7 Å². The maximum atomic E-state index is 5.47. The average Bonchev–Trinajstić information content (AvgIpc) is 3.15. The predicted octanol–water partition coefficient (Wildman–Crippen LogP) is 3.33. The molecule has 20 heavy (non-hydrogen) atoms. The zero-order chi connectivity index (χ0) is 14.4. The number of aromatic nitrogens is 1. The second-order valence-corrected chi connectivity index (χ2v) is 6.21. The normalized spacial score (nSPS) is 15.4. The van der Waals surface area contributed by atoms with Gasteiger partial charge in [0.15, 0.2) is 5.76 Å². The standard InChI is InChI=1S/C16H29N3O/c1-4-5-6-9-19(13(2)3)12-16-10-15(18-20-16)11-17-14-7-8-14/h10,13-14,17H,4-9,11-12H2,1-3H3. The van der Waals surface area contributed by atoms with E-state index in [4.69, 9.17) is 4.52 Å². The van der Waals surface area contributed by atoms with Crippen LogP contribution in [0.5, 0.6) is 0 Å². The van der Waals surface area contributed by atoms with Gasteiger partial charge in [-0.05, 0) is 39.7 Å². The molecule has 0 amide bonds. The van der Waals surface area contributed by atoms with Gasteiger partial charge in [0.25, 0.3) is 0 Å². The van der Waals surface area contributed by atoms with Crippen LogP contribution in [0, 0.1) is 0 Å². The third-order valence-electron chi connectivity index (χ3n) is 3.90. The van der Waals surface area contributed by atoms with Crippen LogP contribution in [0.2, 0.25) is 0 Å². The molecule has 1 fully saturated rings. The number of nitrogens with zero attached hydrogens (tertiary/aromatic N) is 2. The molecule has 114 valence electrons. The van der Waals surface area contributed by atoms with Crippen LogP contribution in [0.3, 0.4) is 0 Å². The Kier molecular flexibility index (Phi) is 6.05. The van der Waals surface area contributed by atoms with E-state index in [2.05, 4.69) is 42.2 Å². The number of unbranched alkanes of at least 4 members (excludes halogenated alkanes) is 2. The van der Waals surface area contributed by atoms with E-state index in [1.54, 1.807) is 0 Å². The first-order valence-corrected chi connectivity index (χ1v) is 8.11. The molecule has 2 rings (SSSR count). The third kappa shape index (κ3) is 5.25. The molecule has 1 N–H and O–H groups in total. The molecular formula is C16H29N3O. The van der Waals surface area contributed by atoms with Crippen molar-refractivity contribution in [3.63, 3.8) is 0 Å². The van der Waals surface area contributed by atoms with Crippen LogP contribution in [-0.2, 0) is 13.1 Å². The van der Waals surface area contributed by atoms with Gasteiger partial charge in [0.1, 0.15) is 0 Å². The lowest BCUT2D eigenvalue weighted by Gasteiger charge is -2.24. The minimum Gasteiger partial charge on any atom is -0.360 e. The SMILES string of the molecule is CCCCCN(Cc1cc(CNC2CC2)no1)C(C)C. The molecule has 1 heterocycles. The van der Waals surface area contributed by atoms with Crippen molar-refractivity contribution in [1.29, 1.82) is 0 Å². The van der Waals surface area contributed by atoms with Crippen LogP contribution >= 0.6 is 0 Å². The highest BCUT2D eigenvalue weighted by molar-refractivity contribution is 5.06. The van der Waals surface area contributed by atoms with E-state index in [0.717, 1.165) is 37.1 Å². The highest BCUT2D eigenvalue weighted by Gasteiger charge is 2.21. The Balaban J connectivity index is 1.78. The first kappa shape index (κ1) is 15.5. The lowest BCUT2D eigenvalue weighted by Crippen LogP contribution is -2.31. The average molecular weight is 279 g/mol. The van der Waals surface area contributed by atoms with Crippen LogP contribution < -0.4 is 5.32 Å². The molecular weight excluding hydrogens is 250 g/mol.